The molecule has 4 aromatic rings. The van der Waals surface area contributed by atoms with E-state index in [0.29, 0.717) is 48.4 Å². The highest BCUT2D eigenvalue weighted by Gasteiger charge is 2.33. The summed E-state index contributed by atoms with van der Waals surface area (Å²) in [4.78, 5) is 32.1. The molecule has 43 heavy (non-hydrogen) atoms. The van der Waals surface area contributed by atoms with Crippen LogP contribution in [0.1, 0.15) is 31.0 Å². The Bertz CT molecular complexity index is 1870. The number of hydrogen-bond acceptors (Lipinski definition) is 8. The first-order chi connectivity index (χ1) is 20.8. The number of aromatic nitrogens is 1. The van der Waals surface area contributed by atoms with E-state index in [1.807, 2.05) is 48.5 Å². The van der Waals surface area contributed by atoms with Crippen LogP contribution in [0.4, 0.5) is 0 Å². The van der Waals surface area contributed by atoms with Crippen molar-refractivity contribution in [2.45, 2.75) is 19.9 Å². The van der Waals surface area contributed by atoms with Crippen molar-refractivity contribution in [1.29, 1.82) is 0 Å². The van der Waals surface area contributed by atoms with Gasteiger partial charge in [-0.15, -0.1) is 0 Å². The average Bonchev–Trinajstić information content (AvgIpc) is 3.29. The van der Waals surface area contributed by atoms with Crippen molar-refractivity contribution in [2.24, 2.45) is 4.99 Å². The lowest BCUT2D eigenvalue weighted by Gasteiger charge is -2.24. The van der Waals surface area contributed by atoms with Crippen molar-refractivity contribution >= 4 is 46.6 Å². The highest BCUT2D eigenvalue weighted by molar-refractivity contribution is 7.07. The van der Waals surface area contributed by atoms with Crippen LogP contribution in [-0.2, 0) is 9.53 Å². The number of fused-ring (bicyclic) bond motifs is 1. The van der Waals surface area contributed by atoms with Crippen LogP contribution in [0.25, 0.3) is 6.08 Å². The largest absolute Gasteiger partial charge is 0.497 e. The van der Waals surface area contributed by atoms with Gasteiger partial charge in [0.2, 0.25) is 0 Å². The summed E-state index contributed by atoms with van der Waals surface area (Å²) >= 11 is 14.1. The van der Waals surface area contributed by atoms with E-state index in [4.69, 9.17) is 42.1 Å². The summed E-state index contributed by atoms with van der Waals surface area (Å²) in [6.45, 7) is 4.10. The molecule has 0 saturated carbocycles. The molecule has 1 aromatic heterocycles. The minimum absolute atomic E-state index is 0.177. The SMILES string of the molecule is CCOC(=O)C1=C(C)N=c2s/c(=C\c3cc(Cl)cc(Cl)c3OCCOc3cccc(OC)c3)c(=O)n2[C@@H]1c1ccccc1. The number of carbonyl (C=O) groups excluding carboxylic acids is 1. The minimum Gasteiger partial charge on any atom is -0.497 e. The molecule has 222 valence electrons. The number of thiazole rings is 1. The lowest BCUT2D eigenvalue weighted by atomic mass is 9.96. The molecule has 0 N–H and O–H groups in total. The second-order valence-electron chi connectivity index (χ2n) is 9.39. The molecule has 1 aliphatic heterocycles. The Balaban J connectivity index is 1.51. The predicted molar refractivity (Wildman–Crippen MR) is 167 cm³/mol. The predicted octanol–water partition coefficient (Wildman–Crippen LogP) is 5.57. The van der Waals surface area contributed by atoms with Crippen molar-refractivity contribution in [3.05, 3.63) is 119 Å². The molecule has 5 rings (SSSR count). The monoisotopic (exact) mass is 638 g/mol. The van der Waals surface area contributed by atoms with Gasteiger partial charge >= 0.3 is 5.97 Å². The first-order valence-electron chi connectivity index (χ1n) is 13.4. The van der Waals surface area contributed by atoms with Crippen LogP contribution in [0.2, 0.25) is 10.0 Å². The van der Waals surface area contributed by atoms with Gasteiger partial charge in [-0.2, -0.15) is 0 Å². The van der Waals surface area contributed by atoms with E-state index in [-0.39, 0.29) is 30.4 Å². The molecule has 8 nitrogen and oxygen atoms in total. The quantitative estimate of drug-likeness (QED) is 0.167. The molecule has 0 aliphatic carbocycles. The van der Waals surface area contributed by atoms with E-state index < -0.39 is 12.0 Å². The number of carbonyl (C=O) groups is 1. The van der Waals surface area contributed by atoms with E-state index in [1.54, 1.807) is 45.2 Å². The van der Waals surface area contributed by atoms with Gasteiger partial charge in [-0.3, -0.25) is 9.36 Å². The summed E-state index contributed by atoms with van der Waals surface area (Å²) < 4.78 is 24.3. The lowest BCUT2D eigenvalue weighted by molar-refractivity contribution is -0.139. The molecule has 11 heteroatoms. The first kappa shape index (κ1) is 30.4. The lowest BCUT2D eigenvalue weighted by Crippen LogP contribution is -2.39. The van der Waals surface area contributed by atoms with Crippen LogP contribution in [0.15, 0.2) is 87.8 Å². The summed E-state index contributed by atoms with van der Waals surface area (Å²) in [5.41, 5.74) is 1.76. The molecule has 0 spiro atoms. The van der Waals surface area contributed by atoms with Crippen LogP contribution in [-0.4, -0.2) is 37.5 Å². The Kier molecular flexibility index (Phi) is 9.55. The first-order valence-corrected chi connectivity index (χ1v) is 15.0. The number of allylic oxidation sites excluding steroid dienone is 1. The van der Waals surface area contributed by atoms with E-state index in [9.17, 15) is 9.59 Å². The maximum absolute atomic E-state index is 14.0. The Labute approximate surface area is 262 Å². The van der Waals surface area contributed by atoms with Gasteiger partial charge in [-0.05, 0) is 49.8 Å². The summed E-state index contributed by atoms with van der Waals surface area (Å²) in [5, 5.41) is 0.669. The minimum atomic E-state index is -0.703. The zero-order valence-corrected chi connectivity index (χ0v) is 26.0. The number of hydrogen-bond donors (Lipinski definition) is 0. The Morgan fingerprint density at radius 3 is 2.51 bits per heavy atom. The van der Waals surface area contributed by atoms with E-state index in [0.717, 1.165) is 5.56 Å². The normalized spacial score (nSPS) is 14.6. The number of nitrogens with zero attached hydrogens (tertiary/aromatic N) is 2. The molecule has 0 unspecified atom stereocenters. The highest BCUT2D eigenvalue weighted by atomic mass is 35.5. The molecule has 1 aliphatic rings. The second kappa shape index (κ2) is 13.5. The van der Waals surface area contributed by atoms with Crippen molar-refractivity contribution in [3.8, 4) is 17.2 Å². The number of methoxy groups -OCH3 is 1. The molecule has 0 radical (unpaired) electrons. The smallest absolute Gasteiger partial charge is 0.338 e. The third kappa shape index (κ3) is 6.64. The van der Waals surface area contributed by atoms with Crippen molar-refractivity contribution < 1.29 is 23.7 Å². The zero-order valence-electron chi connectivity index (χ0n) is 23.6. The van der Waals surface area contributed by atoms with E-state index in [1.165, 1.54) is 15.9 Å². The number of rotatable bonds is 10. The van der Waals surface area contributed by atoms with Gasteiger partial charge in [0.05, 0.1) is 40.6 Å². The Morgan fingerprint density at radius 2 is 1.77 bits per heavy atom. The van der Waals surface area contributed by atoms with Crippen LogP contribution in [0.3, 0.4) is 0 Å². The number of benzene rings is 3. The van der Waals surface area contributed by atoms with Crippen LogP contribution < -0.4 is 29.1 Å². The Morgan fingerprint density at radius 1 is 1.02 bits per heavy atom. The molecular weight excluding hydrogens is 611 g/mol. The summed E-state index contributed by atoms with van der Waals surface area (Å²) in [7, 11) is 1.59. The number of ether oxygens (including phenoxy) is 4. The van der Waals surface area contributed by atoms with Gasteiger partial charge in [0.25, 0.3) is 5.56 Å². The molecular formula is C32H28Cl2N2O6S. The molecule has 0 fully saturated rings. The van der Waals surface area contributed by atoms with Gasteiger partial charge in [0.15, 0.2) is 4.80 Å². The van der Waals surface area contributed by atoms with Crippen LogP contribution in [0, 0.1) is 0 Å². The van der Waals surface area contributed by atoms with Crippen molar-refractivity contribution in [1.82, 2.24) is 4.57 Å². The fourth-order valence-corrected chi connectivity index (χ4v) is 6.32. The van der Waals surface area contributed by atoms with Gasteiger partial charge in [0, 0.05) is 16.7 Å². The summed E-state index contributed by atoms with van der Waals surface area (Å²) in [6.07, 6.45) is 1.67. The van der Waals surface area contributed by atoms with Crippen LogP contribution >= 0.6 is 34.5 Å². The van der Waals surface area contributed by atoms with Gasteiger partial charge in [0.1, 0.15) is 30.5 Å². The fourth-order valence-electron chi connectivity index (χ4n) is 4.72. The van der Waals surface area contributed by atoms with Crippen LogP contribution in [0.5, 0.6) is 17.2 Å². The molecule has 0 bridgehead atoms. The molecule has 0 amide bonds. The average molecular weight is 640 g/mol. The van der Waals surface area contributed by atoms with Gasteiger partial charge < -0.3 is 18.9 Å². The third-order valence-electron chi connectivity index (χ3n) is 6.60. The highest BCUT2D eigenvalue weighted by Crippen LogP contribution is 2.34. The van der Waals surface area contributed by atoms with Crippen molar-refractivity contribution in [3.63, 3.8) is 0 Å². The maximum Gasteiger partial charge on any atom is 0.338 e. The van der Waals surface area contributed by atoms with Gasteiger partial charge in [-0.1, -0.05) is 70.9 Å². The van der Waals surface area contributed by atoms with Gasteiger partial charge in [-0.25, -0.2) is 9.79 Å². The number of esters is 1. The maximum atomic E-state index is 14.0. The third-order valence-corrected chi connectivity index (χ3v) is 8.08. The van der Waals surface area contributed by atoms with E-state index in [2.05, 4.69) is 4.99 Å². The molecule has 3 aromatic carbocycles. The fraction of sp³-hybridized carbons (Fsp3) is 0.219. The zero-order chi connectivity index (χ0) is 30.5. The van der Waals surface area contributed by atoms with Crippen molar-refractivity contribution in [2.75, 3.05) is 26.9 Å². The molecule has 1 atom stereocenters. The topological polar surface area (TPSA) is 88.4 Å². The summed E-state index contributed by atoms with van der Waals surface area (Å²) in [5.74, 6) is 1.16. The second-order valence-corrected chi connectivity index (χ2v) is 11.2. The summed E-state index contributed by atoms with van der Waals surface area (Å²) in [6, 6.07) is 19.1. The Hall–Kier alpha value is -4.05. The molecule has 0 saturated heterocycles. The van der Waals surface area contributed by atoms with E-state index >= 15 is 0 Å². The molecule has 2 heterocycles. The standard InChI is InChI=1S/C32H28Cl2N2O6S/c1-4-40-31(38)27-19(2)35-32-36(28(27)20-9-6-5-7-10-20)30(37)26(43-32)16-21-15-22(33)17-25(34)29(21)42-14-13-41-24-12-8-11-23(18-24)39-3/h5-12,15-18,28H,4,13-14H2,1-3H3/b26-16-/t28-/m1/s1. The number of halogens is 2.